The number of nitrogens with zero attached hydrogens (tertiary/aromatic N) is 3. The summed E-state index contributed by atoms with van der Waals surface area (Å²) in [6.45, 7) is 0. The lowest BCUT2D eigenvalue weighted by molar-refractivity contribution is 0.0502. The van der Waals surface area contributed by atoms with Crippen LogP contribution in [-0.4, -0.2) is 70.5 Å². The van der Waals surface area contributed by atoms with Crippen molar-refractivity contribution in [2.75, 3.05) is 0 Å². The molecule has 0 fully saturated rings. The largest absolute Gasteiger partial charge is 0.504 e. The molecule has 0 bridgehead atoms. The van der Waals surface area contributed by atoms with E-state index in [-0.39, 0.29) is 0 Å². The number of phenols is 12. The van der Waals surface area contributed by atoms with Gasteiger partial charge in [0.05, 0.1) is 0 Å². The van der Waals surface area contributed by atoms with Crippen molar-refractivity contribution in [2.24, 2.45) is 4.52 Å². The highest BCUT2D eigenvalue weighted by Crippen LogP contribution is 2.79. The summed E-state index contributed by atoms with van der Waals surface area (Å²) in [5, 5.41) is 129. The Morgan fingerprint density at radius 2 is 0.700 bits per heavy atom. The number of para-hydroxylation sites is 6. The van der Waals surface area contributed by atoms with E-state index < -0.39 is 128 Å². The zero-order valence-electron chi connectivity index (χ0n) is 29.9. The van der Waals surface area contributed by atoms with Gasteiger partial charge < -0.3 is 89.0 Å². The molecule has 24 heteroatoms. The van der Waals surface area contributed by atoms with Crippen LogP contribution in [0.2, 0.25) is 0 Å². The van der Waals surface area contributed by atoms with Crippen molar-refractivity contribution in [3.05, 3.63) is 109 Å². The molecular weight excluding hydrogens is 855 g/mol. The van der Waals surface area contributed by atoms with Gasteiger partial charge in [-0.1, -0.05) is 36.4 Å². The maximum absolute atomic E-state index is 11.1. The maximum atomic E-state index is 11.1. The summed E-state index contributed by atoms with van der Waals surface area (Å²) >= 11 is 0. The Morgan fingerprint density at radius 3 is 1.12 bits per heavy atom. The van der Waals surface area contributed by atoms with Crippen LogP contribution in [0.25, 0.3) is 0 Å². The van der Waals surface area contributed by atoms with E-state index >= 15 is 0 Å². The Balaban J connectivity index is 1.59. The maximum Gasteiger partial charge on any atom is 0.447 e. The Bertz CT molecular complexity index is 2580. The molecule has 60 heavy (non-hydrogen) atoms. The summed E-state index contributed by atoms with van der Waals surface area (Å²) < 4.78 is 31.1. The molecule has 0 saturated carbocycles. The van der Waals surface area contributed by atoms with E-state index in [9.17, 15) is 61.3 Å². The lowest BCUT2D eigenvalue weighted by Crippen LogP contribution is -2.37. The number of hydrogen-bond acceptors (Lipinski definition) is 21. The quantitative estimate of drug-likeness (QED) is 0.0412. The highest BCUT2D eigenvalue weighted by Gasteiger charge is 2.59. The van der Waals surface area contributed by atoms with Crippen LogP contribution >= 0.6 is 24.6 Å². The molecule has 0 spiro atoms. The van der Waals surface area contributed by atoms with Gasteiger partial charge in [-0.2, -0.15) is 0 Å². The minimum Gasteiger partial charge on any atom is -0.504 e. The first-order chi connectivity index (χ1) is 28.7. The molecule has 7 rings (SSSR count). The second kappa shape index (κ2) is 16.5. The van der Waals surface area contributed by atoms with Crippen molar-refractivity contribution in [3.63, 3.8) is 0 Å². The minimum atomic E-state index is -5.05. The summed E-state index contributed by atoms with van der Waals surface area (Å²) in [7, 11) is -11.5. The third-order valence-electron chi connectivity index (χ3n) is 7.87. The molecule has 6 aromatic carbocycles. The monoisotopic (exact) mass is 885 g/mol. The van der Waals surface area contributed by atoms with Gasteiger partial charge in [0, 0.05) is 9.21 Å². The highest BCUT2D eigenvalue weighted by atomic mass is 31.3. The lowest BCUT2D eigenvalue weighted by Gasteiger charge is -2.43. The average molecular weight is 886 g/mol. The predicted molar refractivity (Wildman–Crippen MR) is 209 cm³/mol. The Labute approximate surface area is 339 Å². The van der Waals surface area contributed by atoms with Crippen molar-refractivity contribution in [2.45, 2.75) is 0 Å². The van der Waals surface area contributed by atoms with Crippen LogP contribution in [0.15, 0.2) is 114 Å². The van der Waals surface area contributed by atoms with Gasteiger partial charge in [0.15, 0.2) is 69.0 Å². The zero-order valence-corrected chi connectivity index (χ0v) is 32.6. The second-order valence-corrected chi connectivity index (χ2v) is 17.4. The molecule has 0 saturated heterocycles. The van der Waals surface area contributed by atoms with Crippen molar-refractivity contribution >= 4 is 24.6 Å². The molecule has 6 aromatic rings. The van der Waals surface area contributed by atoms with Gasteiger partial charge in [-0.05, 0) is 72.8 Å². The van der Waals surface area contributed by atoms with Gasteiger partial charge in [-0.3, -0.25) is 0 Å². The average Bonchev–Trinajstić information content (AvgIpc) is 3.21. The zero-order chi connectivity index (χ0) is 42.9. The molecule has 0 radical (unpaired) electrons. The van der Waals surface area contributed by atoms with E-state index in [1.807, 2.05) is 0 Å². The van der Waals surface area contributed by atoms with Gasteiger partial charge in [-0.15, -0.1) is 4.52 Å². The molecule has 1 aliphatic heterocycles. The Kier molecular flexibility index (Phi) is 11.3. The van der Waals surface area contributed by atoms with Gasteiger partial charge in [0.25, 0.3) is 0 Å². The van der Waals surface area contributed by atoms with Crippen LogP contribution in [0, 0.1) is 0 Å². The predicted octanol–water partition coefficient (Wildman–Crippen LogP) is 7.78. The van der Waals surface area contributed by atoms with E-state index in [0.29, 0.717) is 9.21 Å². The Hall–Kier alpha value is -7.27. The topological polar surface area (TPSA) is 317 Å². The molecule has 1 heterocycles. The minimum absolute atomic E-state index is 0.493. The molecular formula is C36H30N3O18P3. The number of phenolic OH excluding ortho intramolecular Hbond substituents is 12. The Morgan fingerprint density at radius 1 is 0.383 bits per heavy atom. The first-order valence-electron chi connectivity index (χ1n) is 16.7. The molecule has 2 unspecified atom stereocenters. The smallest absolute Gasteiger partial charge is 0.447 e. The molecule has 21 nitrogen and oxygen atoms in total. The SMILES string of the molecule is Oc1cccc(ON2P(Oc3cccc(O)c3O)N=P(Oc3cccc(O)c3O)(Oc3cccc(O)c3O)N(Oc3cccc(O)c3O)P2Oc2cccc(O)c2O)c1O. The highest BCUT2D eigenvalue weighted by molar-refractivity contribution is 7.78. The summed E-state index contributed by atoms with van der Waals surface area (Å²) in [4.78, 5) is 12.3. The van der Waals surface area contributed by atoms with Gasteiger partial charge in [0.1, 0.15) is 0 Å². The van der Waals surface area contributed by atoms with Crippen molar-refractivity contribution < 1.29 is 89.0 Å². The van der Waals surface area contributed by atoms with E-state index in [4.69, 9.17) is 27.8 Å². The molecule has 0 aromatic heterocycles. The van der Waals surface area contributed by atoms with Crippen molar-refractivity contribution in [1.29, 1.82) is 0 Å². The molecule has 0 aliphatic carbocycles. The molecule has 0 amide bonds. The lowest BCUT2D eigenvalue weighted by atomic mass is 10.3. The number of aromatic hydroxyl groups is 12. The van der Waals surface area contributed by atoms with E-state index in [1.165, 1.54) is 48.5 Å². The third kappa shape index (κ3) is 7.94. The normalized spacial score (nSPS) is 16.3. The number of hydrogen-bond donors (Lipinski definition) is 12. The summed E-state index contributed by atoms with van der Waals surface area (Å²) in [5.74, 6) is -12.9. The van der Waals surface area contributed by atoms with Crippen LogP contribution < -0.4 is 27.8 Å². The molecule has 1 aliphatic rings. The van der Waals surface area contributed by atoms with Crippen LogP contribution in [0.5, 0.6) is 103 Å². The fraction of sp³-hybridized carbons (Fsp3) is 0. The van der Waals surface area contributed by atoms with Gasteiger partial charge in [-0.25, -0.2) is 0 Å². The first kappa shape index (κ1) is 40.9. The van der Waals surface area contributed by atoms with Crippen LogP contribution in [0.1, 0.15) is 0 Å². The molecule has 12 N–H and O–H groups in total. The molecule has 312 valence electrons. The van der Waals surface area contributed by atoms with Gasteiger partial charge >= 0.3 is 24.6 Å². The summed E-state index contributed by atoms with van der Waals surface area (Å²) in [6, 6.07) is 21.0. The summed E-state index contributed by atoms with van der Waals surface area (Å²) in [5.41, 5.74) is 0. The van der Waals surface area contributed by atoms with E-state index in [0.717, 1.165) is 60.7 Å². The summed E-state index contributed by atoms with van der Waals surface area (Å²) in [6.07, 6.45) is 0. The van der Waals surface area contributed by atoms with Crippen LogP contribution in [0.4, 0.5) is 0 Å². The first-order valence-corrected chi connectivity index (χ1v) is 20.5. The van der Waals surface area contributed by atoms with Crippen LogP contribution in [-0.2, 0) is 0 Å². The molecule has 2 atom stereocenters. The second-order valence-electron chi connectivity index (χ2n) is 11.9. The van der Waals surface area contributed by atoms with E-state index in [1.54, 1.807) is 0 Å². The van der Waals surface area contributed by atoms with Crippen LogP contribution in [0.3, 0.4) is 0 Å². The van der Waals surface area contributed by atoms with Crippen molar-refractivity contribution in [3.8, 4) is 103 Å². The third-order valence-corrected chi connectivity index (χ3v) is 14.7. The fourth-order valence-electron chi connectivity index (χ4n) is 4.91. The number of benzene rings is 6. The number of rotatable bonds is 12. The van der Waals surface area contributed by atoms with Gasteiger partial charge in [0.2, 0.25) is 34.5 Å². The van der Waals surface area contributed by atoms with Crippen molar-refractivity contribution in [1.82, 2.24) is 9.21 Å². The fourth-order valence-corrected chi connectivity index (χ4v) is 12.4. The standard InChI is InChI=1S/C36H30N3O18P3/c40-19-7-1-13-25(31(19)46)52-38-58(54-27-15-3-9-21(42)33(27)48)37-60(56-29-17-5-11-23(44)35(29)50,57-30-18-6-12-24(45)36(30)51)39(53-26-14-2-8-20(41)32(26)47)59(38)55-28-16-4-10-22(43)34(28)49/h1-18,40-51H. The van der Waals surface area contributed by atoms with E-state index in [2.05, 4.69) is 4.52 Å².